The largest absolute Gasteiger partial charge is 0.633 e. The summed E-state index contributed by atoms with van der Waals surface area (Å²) in [5, 5.41) is 2.96. The molecule has 2 fully saturated rings. The van der Waals surface area contributed by atoms with Gasteiger partial charge in [0.05, 0.1) is 37.1 Å². The van der Waals surface area contributed by atoms with Gasteiger partial charge in [0.25, 0.3) is 17.8 Å². The van der Waals surface area contributed by atoms with Gasteiger partial charge in [-0.1, -0.05) is 49.3 Å². The van der Waals surface area contributed by atoms with Gasteiger partial charge in [-0.25, -0.2) is 0 Å². The standard InChI is InChI=1S/C22H25BCl2NO9/c1-12(2)6-13(7-15(27)11-26-20(30)16-8-14(24)4-5-17(16)25)23-33-19(29)10-22(35-23,21(31)34-23)9-18(28)32-3/h4-5,8,12-13H,6-7,9-11H2,1-3H3,(H,26,30)/q-1/t13?,22-,23?/m0/s1. The molecule has 3 rings (SSSR count). The summed E-state index contributed by atoms with van der Waals surface area (Å²) in [5.41, 5.74) is -1.76. The van der Waals surface area contributed by atoms with Crippen LogP contribution in [0.3, 0.4) is 0 Å². The number of carbonyl (C=O) groups excluding carboxylic acids is 5. The predicted octanol–water partition coefficient (Wildman–Crippen LogP) is 2.86. The van der Waals surface area contributed by atoms with E-state index in [1.807, 2.05) is 13.8 Å². The number of methoxy groups -OCH3 is 1. The Morgan fingerprint density at radius 3 is 2.57 bits per heavy atom. The fourth-order valence-electron chi connectivity index (χ4n) is 4.34. The lowest BCUT2D eigenvalue weighted by Crippen LogP contribution is -2.55. The van der Waals surface area contributed by atoms with Crippen LogP contribution in [-0.2, 0) is 37.9 Å². The second-order valence-electron chi connectivity index (χ2n) is 9.07. The first-order chi connectivity index (χ1) is 16.4. The fraction of sp³-hybridized carbons (Fsp3) is 0.500. The minimum absolute atomic E-state index is 0.00226. The number of carbonyl (C=O) groups is 5. The van der Waals surface area contributed by atoms with Crippen molar-refractivity contribution < 1.29 is 42.7 Å². The van der Waals surface area contributed by atoms with E-state index in [0.717, 1.165) is 7.11 Å². The molecule has 0 aromatic heterocycles. The number of esters is 1. The van der Waals surface area contributed by atoms with E-state index in [-0.39, 0.29) is 29.5 Å². The van der Waals surface area contributed by atoms with Crippen molar-refractivity contribution in [2.45, 2.75) is 50.9 Å². The van der Waals surface area contributed by atoms with Crippen LogP contribution in [0.4, 0.5) is 0 Å². The van der Waals surface area contributed by atoms with Gasteiger partial charge in [-0.05, 0) is 30.5 Å². The van der Waals surface area contributed by atoms with Crippen LogP contribution in [0.1, 0.15) is 49.9 Å². The van der Waals surface area contributed by atoms with Crippen LogP contribution in [0.5, 0.6) is 0 Å². The summed E-state index contributed by atoms with van der Waals surface area (Å²) in [6.45, 7) is 0.374. The van der Waals surface area contributed by atoms with Crippen molar-refractivity contribution >= 4 is 59.6 Å². The van der Waals surface area contributed by atoms with Crippen LogP contribution in [0.25, 0.3) is 0 Å². The summed E-state index contributed by atoms with van der Waals surface area (Å²) in [7, 11) is 1.14. The van der Waals surface area contributed by atoms with E-state index in [9.17, 15) is 24.0 Å². The minimum atomic E-state index is -3.01. The molecule has 2 aliphatic rings. The number of hydrogen-bond acceptors (Lipinski definition) is 9. The molecule has 0 saturated carbocycles. The molecule has 0 spiro atoms. The van der Waals surface area contributed by atoms with Gasteiger partial charge in [0.2, 0.25) is 0 Å². The molecule has 0 radical (unpaired) electrons. The summed E-state index contributed by atoms with van der Waals surface area (Å²) >= 11 is 11.9. The fourth-order valence-corrected chi connectivity index (χ4v) is 4.72. The molecule has 13 heteroatoms. The Morgan fingerprint density at radius 2 is 1.91 bits per heavy atom. The zero-order chi connectivity index (χ0) is 26.0. The highest BCUT2D eigenvalue weighted by molar-refractivity contribution is 6.68. The van der Waals surface area contributed by atoms with Gasteiger partial charge in [0.15, 0.2) is 0 Å². The van der Waals surface area contributed by atoms with E-state index in [2.05, 4.69) is 10.1 Å². The number of ketones is 1. The Kier molecular flexibility index (Phi) is 8.13. The molecule has 1 aromatic rings. The van der Waals surface area contributed by atoms with Gasteiger partial charge < -0.3 is 24.0 Å². The molecule has 190 valence electrons. The van der Waals surface area contributed by atoms with Gasteiger partial charge in [0, 0.05) is 5.02 Å². The number of amides is 1. The van der Waals surface area contributed by atoms with E-state index in [0.29, 0.717) is 11.4 Å². The second kappa shape index (κ2) is 10.6. The minimum Gasteiger partial charge on any atom is -0.633 e. The molecule has 2 unspecified atom stereocenters. The number of rotatable bonds is 10. The molecule has 35 heavy (non-hydrogen) atoms. The van der Waals surface area contributed by atoms with Crippen molar-refractivity contribution in [1.82, 2.24) is 5.32 Å². The topological polar surface area (TPSA) is 134 Å². The summed E-state index contributed by atoms with van der Waals surface area (Å²) in [6, 6.07) is 4.37. The van der Waals surface area contributed by atoms with Crippen LogP contribution in [0.15, 0.2) is 18.2 Å². The highest BCUT2D eigenvalue weighted by Gasteiger charge is 2.64. The third-order valence-corrected chi connectivity index (χ3v) is 6.44. The lowest BCUT2D eigenvalue weighted by molar-refractivity contribution is -0.161. The van der Waals surface area contributed by atoms with Gasteiger partial charge in [-0.2, -0.15) is 0 Å². The zero-order valence-corrected chi connectivity index (χ0v) is 20.9. The highest BCUT2D eigenvalue weighted by atomic mass is 35.5. The highest BCUT2D eigenvalue weighted by Crippen LogP contribution is 2.48. The average Bonchev–Trinajstić information content (AvgIpc) is 2.98. The van der Waals surface area contributed by atoms with E-state index in [4.69, 9.17) is 37.2 Å². The van der Waals surface area contributed by atoms with Gasteiger partial charge in [-0.15, -0.1) is 0 Å². The van der Waals surface area contributed by atoms with Crippen molar-refractivity contribution in [3.63, 3.8) is 0 Å². The number of Topliss-reactive ketones (excluding diaryl/α,β-unsaturated/α-hetero) is 1. The normalized spacial score (nSPS) is 23.9. The summed E-state index contributed by atoms with van der Waals surface area (Å²) < 4.78 is 21.4. The quantitative estimate of drug-likeness (QED) is 0.359. The molecular weight excluding hydrogens is 504 g/mol. The van der Waals surface area contributed by atoms with Crippen LogP contribution >= 0.6 is 23.2 Å². The van der Waals surface area contributed by atoms with Crippen molar-refractivity contribution in [2.75, 3.05) is 13.7 Å². The van der Waals surface area contributed by atoms with Crippen molar-refractivity contribution in [3.05, 3.63) is 33.8 Å². The monoisotopic (exact) mass is 528 g/mol. The number of nitrogens with one attached hydrogen (secondary N) is 1. The number of hydrogen-bond donors (Lipinski definition) is 1. The molecule has 2 heterocycles. The SMILES string of the molecule is COC(=O)C[C@]12CC(=O)O[B-](C(CC(=O)CNC(=O)c3cc(Cl)ccc3Cl)CC(C)C)(OC1=O)O2. The zero-order valence-electron chi connectivity index (χ0n) is 19.4. The Morgan fingerprint density at radius 1 is 1.20 bits per heavy atom. The van der Waals surface area contributed by atoms with E-state index < -0.39 is 60.6 Å². The maximum absolute atomic E-state index is 12.8. The van der Waals surface area contributed by atoms with Crippen molar-refractivity contribution in [1.29, 1.82) is 0 Å². The van der Waals surface area contributed by atoms with Crippen LogP contribution in [0.2, 0.25) is 15.9 Å². The number of ether oxygens (including phenoxy) is 1. The van der Waals surface area contributed by atoms with Crippen LogP contribution in [-0.4, -0.2) is 55.6 Å². The smallest absolute Gasteiger partial charge is 0.499 e. The van der Waals surface area contributed by atoms with Crippen LogP contribution in [0, 0.1) is 5.92 Å². The van der Waals surface area contributed by atoms with Crippen molar-refractivity contribution in [2.24, 2.45) is 5.92 Å². The Balaban J connectivity index is 1.76. The molecule has 1 N–H and O–H groups in total. The Hall–Kier alpha value is -2.63. The molecule has 1 amide bonds. The average molecular weight is 529 g/mol. The summed E-state index contributed by atoms with van der Waals surface area (Å²) in [6.07, 6.45) is -0.964. The molecule has 3 atom stereocenters. The number of halogens is 2. The van der Waals surface area contributed by atoms with Crippen LogP contribution < -0.4 is 5.32 Å². The molecule has 0 aliphatic carbocycles. The number of benzene rings is 1. The molecule has 2 aliphatic heterocycles. The van der Waals surface area contributed by atoms with E-state index >= 15 is 0 Å². The van der Waals surface area contributed by atoms with Gasteiger partial charge in [0.1, 0.15) is 11.4 Å². The third kappa shape index (κ3) is 5.96. The first kappa shape index (κ1) is 27.0. The maximum Gasteiger partial charge on any atom is 0.499 e. The van der Waals surface area contributed by atoms with E-state index in [1.54, 1.807) is 0 Å². The molecule has 10 nitrogen and oxygen atoms in total. The third-order valence-electron chi connectivity index (χ3n) is 5.88. The maximum atomic E-state index is 12.8. The number of fused-ring (bicyclic) bond motifs is 2. The first-order valence-electron chi connectivity index (χ1n) is 11.0. The molecular formula is C22H25BCl2NO9-. The molecule has 1 aromatic carbocycles. The second-order valence-corrected chi connectivity index (χ2v) is 9.92. The van der Waals surface area contributed by atoms with Gasteiger partial charge in [-0.3, -0.25) is 24.0 Å². The summed E-state index contributed by atoms with van der Waals surface area (Å²) in [4.78, 5) is 62.4. The first-order valence-corrected chi connectivity index (χ1v) is 11.8. The molecule has 2 saturated heterocycles. The lowest BCUT2D eigenvalue weighted by Gasteiger charge is -2.46. The van der Waals surface area contributed by atoms with E-state index in [1.165, 1.54) is 18.2 Å². The Labute approximate surface area is 211 Å². The lowest BCUT2D eigenvalue weighted by atomic mass is 9.57. The predicted molar refractivity (Wildman–Crippen MR) is 125 cm³/mol. The molecule has 2 bridgehead atoms. The van der Waals surface area contributed by atoms with Crippen molar-refractivity contribution in [3.8, 4) is 0 Å². The Bertz CT molecular complexity index is 1070. The summed E-state index contributed by atoms with van der Waals surface area (Å²) in [5.74, 6) is -4.31. The van der Waals surface area contributed by atoms with Gasteiger partial charge >= 0.3 is 12.7 Å².